The summed E-state index contributed by atoms with van der Waals surface area (Å²) in [5, 5.41) is 3.81. The van der Waals surface area contributed by atoms with Gasteiger partial charge in [-0.15, -0.1) is 0 Å². The third-order valence-corrected chi connectivity index (χ3v) is 4.03. The van der Waals surface area contributed by atoms with Gasteiger partial charge in [-0.25, -0.2) is 0 Å². The fourth-order valence-corrected chi connectivity index (χ4v) is 2.33. The number of primary amides is 1. The molecule has 0 saturated carbocycles. The SMILES string of the molecule is CCC(C)SCC(C)(NC(C)C)C(N)=O. The van der Waals surface area contributed by atoms with Crippen LogP contribution in [-0.4, -0.2) is 28.5 Å². The second-order valence-electron chi connectivity index (χ2n) is 4.53. The lowest BCUT2D eigenvalue weighted by Crippen LogP contribution is -2.57. The number of hydrogen-bond acceptors (Lipinski definition) is 3. The van der Waals surface area contributed by atoms with Crippen LogP contribution >= 0.6 is 11.8 Å². The van der Waals surface area contributed by atoms with E-state index in [1.54, 1.807) is 11.8 Å². The minimum atomic E-state index is -0.595. The van der Waals surface area contributed by atoms with Crippen molar-refractivity contribution in [2.75, 3.05) is 5.75 Å². The van der Waals surface area contributed by atoms with Gasteiger partial charge in [0.05, 0.1) is 0 Å². The second kappa shape index (κ2) is 6.38. The van der Waals surface area contributed by atoms with Crippen molar-refractivity contribution in [2.45, 2.75) is 57.9 Å². The van der Waals surface area contributed by atoms with Gasteiger partial charge in [0.2, 0.25) is 5.91 Å². The van der Waals surface area contributed by atoms with Gasteiger partial charge in [-0.1, -0.05) is 13.8 Å². The molecule has 3 nitrogen and oxygen atoms in total. The number of nitrogens with two attached hydrogens (primary N) is 1. The van der Waals surface area contributed by atoms with Crippen LogP contribution in [0.25, 0.3) is 0 Å². The van der Waals surface area contributed by atoms with E-state index >= 15 is 0 Å². The fourth-order valence-electron chi connectivity index (χ4n) is 1.25. The Kier molecular flexibility index (Phi) is 6.29. The maximum atomic E-state index is 11.4. The van der Waals surface area contributed by atoms with Gasteiger partial charge in [0.1, 0.15) is 5.54 Å². The molecule has 0 aromatic carbocycles. The van der Waals surface area contributed by atoms with Crippen LogP contribution in [0.5, 0.6) is 0 Å². The normalized spacial score (nSPS) is 17.5. The van der Waals surface area contributed by atoms with Crippen molar-refractivity contribution >= 4 is 17.7 Å². The summed E-state index contributed by atoms with van der Waals surface area (Å²) in [5.74, 6) is 0.460. The Bertz CT molecular complexity index is 209. The minimum Gasteiger partial charge on any atom is -0.368 e. The smallest absolute Gasteiger partial charge is 0.238 e. The third-order valence-electron chi connectivity index (χ3n) is 2.38. The predicted octanol–water partition coefficient (Wildman–Crippen LogP) is 1.76. The zero-order valence-electron chi connectivity index (χ0n) is 10.5. The molecule has 90 valence electrons. The summed E-state index contributed by atoms with van der Waals surface area (Å²) < 4.78 is 0. The highest BCUT2D eigenvalue weighted by atomic mass is 32.2. The molecule has 4 heteroatoms. The van der Waals surface area contributed by atoms with Gasteiger partial charge in [0, 0.05) is 17.0 Å². The maximum absolute atomic E-state index is 11.4. The largest absolute Gasteiger partial charge is 0.368 e. The van der Waals surface area contributed by atoms with Gasteiger partial charge in [-0.2, -0.15) is 11.8 Å². The summed E-state index contributed by atoms with van der Waals surface area (Å²) in [5.41, 5.74) is 4.84. The van der Waals surface area contributed by atoms with Gasteiger partial charge in [0.15, 0.2) is 0 Å². The standard InChI is InChI=1S/C11H24N2OS/c1-6-9(4)15-7-11(5,10(12)14)13-8(2)3/h8-9,13H,6-7H2,1-5H3,(H2,12,14). The molecule has 0 aliphatic carbocycles. The molecule has 0 heterocycles. The molecule has 3 N–H and O–H groups in total. The van der Waals surface area contributed by atoms with Crippen LogP contribution in [0.1, 0.15) is 41.0 Å². The van der Waals surface area contributed by atoms with Gasteiger partial charge in [-0.05, 0) is 27.2 Å². The van der Waals surface area contributed by atoms with Crippen LogP contribution in [0.15, 0.2) is 0 Å². The predicted molar refractivity (Wildman–Crippen MR) is 68.1 cm³/mol. The number of thioether (sulfide) groups is 1. The fraction of sp³-hybridized carbons (Fsp3) is 0.909. The molecule has 0 aromatic heterocycles. The average Bonchev–Trinajstić information content (AvgIpc) is 2.12. The lowest BCUT2D eigenvalue weighted by atomic mass is 10.0. The van der Waals surface area contributed by atoms with Crippen molar-refractivity contribution < 1.29 is 4.79 Å². The van der Waals surface area contributed by atoms with Crippen LogP contribution in [0, 0.1) is 0 Å². The summed E-state index contributed by atoms with van der Waals surface area (Å²) in [6.45, 7) is 10.2. The van der Waals surface area contributed by atoms with Crippen molar-refractivity contribution in [2.24, 2.45) is 5.73 Å². The molecule has 1 amide bonds. The van der Waals surface area contributed by atoms with Gasteiger partial charge in [0.25, 0.3) is 0 Å². The van der Waals surface area contributed by atoms with E-state index in [-0.39, 0.29) is 11.9 Å². The summed E-state index contributed by atoms with van der Waals surface area (Å²) in [6.07, 6.45) is 1.11. The lowest BCUT2D eigenvalue weighted by Gasteiger charge is -2.30. The Morgan fingerprint density at radius 1 is 1.47 bits per heavy atom. The van der Waals surface area contributed by atoms with Crippen molar-refractivity contribution in [1.82, 2.24) is 5.32 Å². The Labute approximate surface area is 97.6 Å². The highest BCUT2D eigenvalue weighted by Gasteiger charge is 2.31. The van der Waals surface area contributed by atoms with E-state index in [1.165, 1.54) is 0 Å². The molecule has 0 saturated heterocycles. The number of rotatable bonds is 7. The number of nitrogens with one attached hydrogen (secondary N) is 1. The molecule has 0 aliphatic rings. The van der Waals surface area contributed by atoms with Crippen molar-refractivity contribution in [3.63, 3.8) is 0 Å². The van der Waals surface area contributed by atoms with Crippen LogP contribution in [-0.2, 0) is 4.79 Å². The molecular weight excluding hydrogens is 208 g/mol. The molecule has 0 spiro atoms. The summed E-state index contributed by atoms with van der Waals surface area (Å²) in [6, 6.07) is 0.264. The van der Waals surface area contributed by atoms with Gasteiger partial charge in [-0.3, -0.25) is 4.79 Å². The van der Waals surface area contributed by atoms with E-state index in [9.17, 15) is 4.79 Å². The summed E-state index contributed by atoms with van der Waals surface area (Å²) in [7, 11) is 0. The maximum Gasteiger partial charge on any atom is 0.238 e. The van der Waals surface area contributed by atoms with E-state index in [1.807, 2.05) is 20.8 Å². The van der Waals surface area contributed by atoms with Crippen LogP contribution in [0.2, 0.25) is 0 Å². The molecule has 0 radical (unpaired) electrons. The monoisotopic (exact) mass is 232 g/mol. The second-order valence-corrected chi connectivity index (χ2v) is 5.95. The molecule has 0 bridgehead atoms. The van der Waals surface area contributed by atoms with E-state index in [0.717, 1.165) is 12.2 Å². The van der Waals surface area contributed by atoms with Crippen molar-refractivity contribution in [3.8, 4) is 0 Å². The summed E-state index contributed by atoms with van der Waals surface area (Å²) >= 11 is 1.79. The number of amides is 1. The minimum absolute atomic E-state index is 0.264. The third kappa shape index (κ3) is 5.42. The first-order valence-electron chi connectivity index (χ1n) is 5.51. The Morgan fingerprint density at radius 2 is 2.00 bits per heavy atom. The van der Waals surface area contributed by atoms with Crippen LogP contribution in [0.4, 0.5) is 0 Å². The van der Waals surface area contributed by atoms with E-state index in [0.29, 0.717) is 5.25 Å². The molecule has 2 unspecified atom stereocenters. The number of carbonyl (C=O) groups excluding carboxylic acids is 1. The van der Waals surface area contributed by atoms with E-state index in [4.69, 9.17) is 5.73 Å². The average molecular weight is 232 g/mol. The van der Waals surface area contributed by atoms with Crippen molar-refractivity contribution in [3.05, 3.63) is 0 Å². The first kappa shape index (κ1) is 14.8. The zero-order valence-corrected chi connectivity index (χ0v) is 11.3. The number of hydrogen-bond donors (Lipinski definition) is 2. The van der Waals surface area contributed by atoms with Gasteiger partial charge < -0.3 is 11.1 Å². The first-order valence-corrected chi connectivity index (χ1v) is 6.56. The quantitative estimate of drug-likeness (QED) is 0.703. The summed E-state index contributed by atoms with van der Waals surface area (Å²) in [4.78, 5) is 11.4. The van der Waals surface area contributed by atoms with Crippen molar-refractivity contribution in [1.29, 1.82) is 0 Å². The molecule has 2 atom stereocenters. The highest BCUT2D eigenvalue weighted by molar-refractivity contribution is 8.00. The van der Waals surface area contributed by atoms with Crippen LogP contribution in [0.3, 0.4) is 0 Å². The number of carbonyl (C=O) groups is 1. The van der Waals surface area contributed by atoms with E-state index < -0.39 is 5.54 Å². The molecular formula is C11H24N2OS. The molecule has 0 rings (SSSR count). The van der Waals surface area contributed by atoms with Crippen LogP contribution < -0.4 is 11.1 Å². The molecule has 15 heavy (non-hydrogen) atoms. The van der Waals surface area contributed by atoms with E-state index in [2.05, 4.69) is 19.2 Å². The van der Waals surface area contributed by atoms with Gasteiger partial charge >= 0.3 is 0 Å². The first-order chi connectivity index (χ1) is 6.81. The Morgan fingerprint density at radius 3 is 2.33 bits per heavy atom. The molecule has 0 aliphatic heterocycles. The topological polar surface area (TPSA) is 55.1 Å². The zero-order chi connectivity index (χ0) is 12.1. The Balaban J connectivity index is 4.32. The lowest BCUT2D eigenvalue weighted by molar-refractivity contribution is -0.123. The molecule has 0 aromatic rings. The Hall–Kier alpha value is -0.220. The molecule has 0 fully saturated rings. The highest BCUT2D eigenvalue weighted by Crippen LogP contribution is 2.20.